The van der Waals surface area contributed by atoms with Crippen LogP contribution in [-0.2, 0) is 0 Å². The lowest BCUT2D eigenvalue weighted by Crippen LogP contribution is -2.34. The summed E-state index contributed by atoms with van der Waals surface area (Å²) in [6.07, 6.45) is 0. The number of aromatic nitrogens is 1. The molecular weight excluding hydrogens is 396 g/mol. The van der Waals surface area contributed by atoms with Crippen LogP contribution in [0.15, 0.2) is 100 Å². The van der Waals surface area contributed by atoms with Crippen molar-refractivity contribution in [1.29, 1.82) is 0 Å². The first-order valence-corrected chi connectivity index (χ1v) is 10.7. The third-order valence-electron chi connectivity index (χ3n) is 6.22. The SMILES string of the molecule is CC1=C(C)N(c2ccc(-c3nc4ccccc4o3)c(N)c2)C(C)=C(C)N1c1ccccc1. The highest BCUT2D eigenvalue weighted by molar-refractivity contribution is 5.82. The summed E-state index contributed by atoms with van der Waals surface area (Å²) in [5.74, 6) is 0.538. The van der Waals surface area contributed by atoms with Gasteiger partial charge in [0.1, 0.15) is 5.52 Å². The van der Waals surface area contributed by atoms with Gasteiger partial charge in [-0.1, -0.05) is 30.3 Å². The molecule has 0 radical (unpaired) electrons. The van der Waals surface area contributed by atoms with Gasteiger partial charge < -0.3 is 20.0 Å². The molecule has 0 bridgehead atoms. The topological polar surface area (TPSA) is 58.5 Å². The fraction of sp³-hybridized carbons (Fsp3) is 0.148. The van der Waals surface area contributed by atoms with Crippen molar-refractivity contribution < 1.29 is 4.42 Å². The standard InChI is InChI=1S/C27H26N4O/c1-17-19(3)31(20(4)18(2)30(17)21-10-6-5-7-11-21)22-14-15-23(24(28)16-22)27-29-25-12-8-9-13-26(25)32-27/h5-16H,28H2,1-4H3. The lowest BCUT2D eigenvalue weighted by molar-refractivity contribution is 0.620. The summed E-state index contributed by atoms with van der Waals surface area (Å²) in [7, 11) is 0. The highest BCUT2D eigenvalue weighted by Crippen LogP contribution is 2.39. The summed E-state index contributed by atoms with van der Waals surface area (Å²) in [6.45, 7) is 8.60. The third kappa shape index (κ3) is 3.14. The molecule has 0 fully saturated rings. The maximum absolute atomic E-state index is 6.49. The number of nitrogens with two attached hydrogens (primary N) is 1. The minimum atomic E-state index is 0.538. The molecule has 0 saturated heterocycles. The quantitative estimate of drug-likeness (QED) is 0.364. The van der Waals surface area contributed by atoms with Crippen molar-refractivity contribution in [3.63, 3.8) is 0 Å². The molecule has 3 aromatic carbocycles. The van der Waals surface area contributed by atoms with Gasteiger partial charge in [0.25, 0.3) is 0 Å². The number of hydrogen-bond donors (Lipinski definition) is 1. The van der Waals surface area contributed by atoms with Gasteiger partial charge >= 0.3 is 0 Å². The Hall–Kier alpha value is -3.99. The van der Waals surface area contributed by atoms with Gasteiger partial charge in [-0.25, -0.2) is 4.98 Å². The van der Waals surface area contributed by atoms with Gasteiger partial charge in [-0.2, -0.15) is 0 Å². The number of hydrogen-bond acceptors (Lipinski definition) is 5. The number of fused-ring (bicyclic) bond motifs is 1. The molecule has 5 heteroatoms. The van der Waals surface area contributed by atoms with Crippen molar-refractivity contribution in [2.75, 3.05) is 15.5 Å². The van der Waals surface area contributed by atoms with Gasteiger partial charge in [-0.3, -0.25) is 0 Å². The third-order valence-corrected chi connectivity index (χ3v) is 6.22. The molecule has 0 amide bonds. The van der Waals surface area contributed by atoms with Gasteiger partial charge in [0.15, 0.2) is 5.58 Å². The summed E-state index contributed by atoms with van der Waals surface area (Å²) >= 11 is 0. The second kappa shape index (κ2) is 7.61. The van der Waals surface area contributed by atoms with Crippen LogP contribution in [0.4, 0.5) is 17.1 Å². The van der Waals surface area contributed by atoms with E-state index < -0.39 is 0 Å². The zero-order valence-electron chi connectivity index (χ0n) is 18.8. The van der Waals surface area contributed by atoms with E-state index in [1.807, 2.05) is 42.5 Å². The molecule has 2 heterocycles. The average molecular weight is 423 g/mol. The molecule has 0 saturated carbocycles. The molecule has 32 heavy (non-hydrogen) atoms. The smallest absolute Gasteiger partial charge is 0.229 e. The summed E-state index contributed by atoms with van der Waals surface area (Å²) in [4.78, 5) is 9.16. The molecule has 160 valence electrons. The van der Waals surface area contributed by atoms with E-state index in [1.54, 1.807) is 0 Å². The van der Waals surface area contributed by atoms with Gasteiger partial charge in [-0.05, 0) is 70.2 Å². The fourth-order valence-electron chi connectivity index (χ4n) is 4.37. The number of allylic oxidation sites excluding steroid dienone is 4. The number of nitrogen functional groups attached to an aromatic ring is 1. The minimum Gasteiger partial charge on any atom is -0.436 e. The van der Waals surface area contributed by atoms with Crippen molar-refractivity contribution >= 4 is 28.2 Å². The van der Waals surface area contributed by atoms with Gasteiger partial charge in [-0.15, -0.1) is 0 Å². The molecule has 0 aliphatic carbocycles. The molecule has 1 aromatic heterocycles. The average Bonchev–Trinajstić information content (AvgIpc) is 3.23. The Bertz CT molecular complexity index is 1320. The number of para-hydroxylation sites is 3. The lowest BCUT2D eigenvalue weighted by atomic mass is 10.1. The van der Waals surface area contributed by atoms with E-state index in [-0.39, 0.29) is 0 Å². The van der Waals surface area contributed by atoms with Crippen molar-refractivity contribution in [3.05, 3.63) is 95.6 Å². The van der Waals surface area contributed by atoms with Crippen molar-refractivity contribution in [3.8, 4) is 11.5 Å². The van der Waals surface area contributed by atoms with Crippen LogP contribution in [0.3, 0.4) is 0 Å². The minimum absolute atomic E-state index is 0.538. The van der Waals surface area contributed by atoms with Crippen LogP contribution in [0.25, 0.3) is 22.6 Å². The molecule has 0 atom stereocenters. The van der Waals surface area contributed by atoms with Crippen LogP contribution >= 0.6 is 0 Å². The van der Waals surface area contributed by atoms with Crippen LogP contribution in [0.1, 0.15) is 27.7 Å². The predicted molar refractivity (Wildman–Crippen MR) is 132 cm³/mol. The number of rotatable bonds is 3. The van der Waals surface area contributed by atoms with Crippen LogP contribution < -0.4 is 15.5 Å². The molecule has 0 spiro atoms. The largest absolute Gasteiger partial charge is 0.436 e. The van der Waals surface area contributed by atoms with Crippen LogP contribution in [0, 0.1) is 0 Å². The molecule has 5 nitrogen and oxygen atoms in total. The molecule has 5 rings (SSSR count). The Kier molecular flexibility index (Phi) is 4.74. The van der Waals surface area contributed by atoms with Crippen LogP contribution in [-0.4, -0.2) is 4.98 Å². The van der Waals surface area contributed by atoms with Crippen LogP contribution in [0.2, 0.25) is 0 Å². The first-order valence-electron chi connectivity index (χ1n) is 10.7. The van der Waals surface area contributed by atoms with E-state index in [9.17, 15) is 0 Å². The normalized spacial score (nSPS) is 14.6. The lowest BCUT2D eigenvalue weighted by Gasteiger charge is -2.40. The molecule has 4 aromatic rings. The van der Waals surface area contributed by atoms with E-state index in [4.69, 9.17) is 10.2 Å². The summed E-state index contributed by atoms with van der Waals surface area (Å²) < 4.78 is 5.93. The van der Waals surface area contributed by atoms with Gasteiger partial charge in [0.05, 0.1) is 5.56 Å². The zero-order valence-corrected chi connectivity index (χ0v) is 18.8. The van der Waals surface area contributed by atoms with E-state index in [0.717, 1.165) is 39.4 Å². The molecule has 1 aliphatic heterocycles. The second-order valence-corrected chi connectivity index (χ2v) is 8.11. The second-order valence-electron chi connectivity index (χ2n) is 8.11. The molecular formula is C27H26N4O. The van der Waals surface area contributed by atoms with Crippen molar-refractivity contribution in [2.45, 2.75) is 27.7 Å². The number of oxazole rings is 1. The Balaban J connectivity index is 1.55. The number of benzene rings is 3. The van der Waals surface area contributed by atoms with Crippen molar-refractivity contribution in [2.24, 2.45) is 0 Å². The van der Waals surface area contributed by atoms with Crippen molar-refractivity contribution in [1.82, 2.24) is 4.98 Å². The Morgan fingerprint density at radius 2 is 1.28 bits per heavy atom. The Morgan fingerprint density at radius 3 is 1.91 bits per heavy atom. The monoisotopic (exact) mass is 422 g/mol. The number of nitrogens with zero attached hydrogens (tertiary/aromatic N) is 3. The summed E-state index contributed by atoms with van der Waals surface area (Å²) in [5, 5.41) is 0. The highest BCUT2D eigenvalue weighted by Gasteiger charge is 2.27. The van der Waals surface area contributed by atoms with E-state index in [1.165, 1.54) is 11.4 Å². The summed E-state index contributed by atoms with van der Waals surface area (Å²) in [5.41, 5.74) is 16.4. The fourth-order valence-corrected chi connectivity index (χ4v) is 4.37. The predicted octanol–water partition coefficient (Wildman–Crippen LogP) is 6.91. The molecule has 0 unspecified atom stereocenters. The molecule has 2 N–H and O–H groups in total. The van der Waals surface area contributed by atoms with E-state index in [0.29, 0.717) is 11.6 Å². The van der Waals surface area contributed by atoms with Crippen LogP contribution in [0.5, 0.6) is 0 Å². The maximum atomic E-state index is 6.49. The molecule has 1 aliphatic rings. The number of anilines is 3. The highest BCUT2D eigenvalue weighted by atomic mass is 16.3. The van der Waals surface area contributed by atoms with E-state index >= 15 is 0 Å². The zero-order chi connectivity index (χ0) is 22.4. The van der Waals surface area contributed by atoms with Gasteiger partial charge in [0, 0.05) is 39.9 Å². The maximum Gasteiger partial charge on any atom is 0.229 e. The van der Waals surface area contributed by atoms with Gasteiger partial charge in [0.2, 0.25) is 5.89 Å². The summed E-state index contributed by atoms with van der Waals surface area (Å²) in [6, 6.07) is 24.2. The first-order chi connectivity index (χ1) is 15.5. The van der Waals surface area contributed by atoms with E-state index in [2.05, 4.69) is 72.8 Å². The first kappa shape index (κ1) is 19.9. The Labute approximate surface area is 188 Å². The Morgan fingerprint density at radius 1 is 0.688 bits per heavy atom.